The van der Waals surface area contributed by atoms with E-state index in [1.807, 2.05) is 0 Å². The minimum atomic E-state index is -3.31. The number of sulfone groups is 1. The number of ether oxygens (including phenoxy) is 1. The third kappa shape index (κ3) is 5.75. The van der Waals surface area contributed by atoms with Crippen LogP contribution in [0.3, 0.4) is 0 Å². The summed E-state index contributed by atoms with van der Waals surface area (Å²) >= 11 is 0. The van der Waals surface area contributed by atoms with Gasteiger partial charge in [-0.25, -0.2) is 22.8 Å². The van der Waals surface area contributed by atoms with Crippen molar-refractivity contribution in [2.24, 2.45) is 0 Å². The highest BCUT2D eigenvalue weighted by atomic mass is 32.2. The molecule has 1 aliphatic rings. The van der Waals surface area contributed by atoms with Gasteiger partial charge in [-0.3, -0.25) is 4.79 Å². The van der Waals surface area contributed by atoms with Crippen molar-refractivity contribution in [2.45, 2.75) is 68.2 Å². The van der Waals surface area contributed by atoms with Crippen LogP contribution in [0, 0.1) is 5.82 Å². The van der Waals surface area contributed by atoms with Crippen LogP contribution in [0.4, 0.5) is 4.39 Å². The number of benzene rings is 1. The molecule has 0 bridgehead atoms. The first kappa shape index (κ1) is 22.1. The average molecular weight is 436 g/mol. The van der Waals surface area contributed by atoms with Crippen LogP contribution in [0.15, 0.2) is 41.6 Å². The van der Waals surface area contributed by atoms with Crippen molar-refractivity contribution in [1.29, 1.82) is 0 Å². The molecule has 162 valence electrons. The molecule has 1 aliphatic carbocycles. The summed E-state index contributed by atoms with van der Waals surface area (Å²) in [6, 6.07) is 6.69. The zero-order chi connectivity index (χ0) is 21.7. The van der Waals surface area contributed by atoms with E-state index in [2.05, 4.69) is 15.3 Å². The molecule has 3 rings (SSSR count). The maximum Gasteiger partial charge on any atom is 0.316 e. The smallest absolute Gasteiger partial charge is 0.316 e. The minimum Gasteiger partial charge on any atom is -0.460 e. The van der Waals surface area contributed by atoms with Gasteiger partial charge in [-0.2, -0.15) is 0 Å². The van der Waals surface area contributed by atoms with Crippen molar-refractivity contribution in [3.05, 3.63) is 48.0 Å². The minimum absolute atomic E-state index is 0.0564. The van der Waals surface area contributed by atoms with E-state index < -0.39 is 20.9 Å². The Balaban J connectivity index is 1.45. The summed E-state index contributed by atoms with van der Waals surface area (Å²) in [5, 5.41) is 2.54. The second-order valence-electron chi connectivity index (χ2n) is 7.76. The monoisotopic (exact) mass is 435 g/mol. The van der Waals surface area contributed by atoms with Gasteiger partial charge in [0.1, 0.15) is 6.10 Å². The quantitative estimate of drug-likeness (QED) is 0.718. The lowest BCUT2D eigenvalue weighted by atomic mass is 9.93. The van der Waals surface area contributed by atoms with Crippen molar-refractivity contribution >= 4 is 15.7 Å². The molecule has 1 fully saturated rings. The van der Waals surface area contributed by atoms with Gasteiger partial charge in [0, 0.05) is 6.04 Å². The van der Waals surface area contributed by atoms with Gasteiger partial charge in [0.25, 0.3) is 0 Å². The fraction of sp³-hybridized carbons (Fsp3) is 0.476. The van der Waals surface area contributed by atoms with Crippen LogP contribution in [-0.4, -0.2) is 41.7 Å². The highest BCUT2D eigenvalue weighted by Crippen LogP contribution is 2.22. The Morgan fingerprint density at radius 3 is 2.30 bits per heavy atom. The molecule has 1 heterocycles. The molecular weight excluding hydrogens is 409 g/mol. The fourth-order valence-corrected chi connectivity index (χ4v) is 4.43. The standard InChI is InChI=1S/C21H26FN3O4S/c1-14(2)30(27,28)19-9-3-15(4-10-19)11-20(26)25-17-5-7-18(8-6-17)29-21-23-12-16(22)13-24-21/h3-4,9-10,12-14,17-18H,5-8,11H2,1-2H3,(H,25,26). The van der Waals surface area contributed by atoms with Crippen molar-refractivity contribution in [2.75, 3.05) is 0 Å². The van der Waals surface area contributed by atoms with E-state index in [0.717, 1.165) is 43.6 Å². The summed E-state index contributed by atoms with van der Waals surface area (Å²) in [5.41, 5.74) is 0.765. The number of carbonyl (C=O) groups is 1. The Morgan fingerprint density at radius 2 is 1.73 bits per heavy atom. The molecule has 7 nitrogen and oxygen atoms in total. The molecule has 0 spiro atoms. The molecule has 2 aromatic rings. The van der Waals surface area contributed by atoms with Gasteiger partial charge >= 0.3 is 6.01 Å². The molecule has 1 aromatic heterocycles. The zero-order valence-corrected chi connectivity index (χ0v) is 17.9. The summed E-state index contributed by atoms with van der Waals surface area (Å²) in [5.74, 6) is -0.606. The third-order valence-corrected chi connectivity index (χ3v) is 7.32. The molecule has 0 radical (unpaired) electrons. The number of hydrogen-bond donors (Lipinski definition) is 1. The molecular formula is C21H26FN3O4S. The van der Waals surface area contributed by atoms with Crippen molar-refractivity contribution < 1.29 is 22.3 Å². The number of rotatable bonds is 7. The van der Waals surface area contributed by atoms with E-state index in [4.69, 9.17) is 4.74 Å². The second-order valence-corrected chi connectivity index (χ2v) is 10.3. The van der Waals surface area contributed by atoms with Gasteiger partial charge in [-0.1, -0.05) is 12.1 Å². The van der Waals surface area contributed by atoms with Gasteiger partial charge in [0.2, 0.25) is 5.91 Å². The van der Waals surface area contributed by atoms with E-state index in [1.54, 1.807) is 38.1 Å². The lowest BCUT2D eigenvalue weighted by Crippen LogP contribution is -2.40. The van der Waals surface area contributed by atoms with E-state index in [1.165, 1.54) is 0 Å². The molecule has 30 heavy (non-hydrogen) atoms. The second kappa shape index (κ2) is 9.51. The van der Waals surface area contributed by atoms with Crippen molar-refractivity contribution in [3.63, 3.8) is 0 Å². The number of nitrogens with zero attached hydrogens (tertiary/aromatic N) is 2. The predicted molar refractivity (Wildman–Crippen MR) is 109 cm³/mol. The molecule has 0 saturated heterocycles. The van der Waals surface area contributed by atoms with Crippen molar-refractivity contribution in [3.8, 4) is 6.01 Å². The van der Waals surface area contributed by atoms with Gasteiger partial charge in [0.05, 0.1) is 29.0 Å². The first-order valence-electron chi connectivity index (χ1n) is 10.0. The Morgan fingerprint density at radius 1 is 1.13 bits per heavy atom. The van der Waals surface area contributed by atoms with Crippen LogP contribution in [-0.2, 0) is 21.1 Å². The maximum absolute atomic E-state index is 12.9. The van der Waals surface area contributed by atoms with E-state index >= 15 is 0 Å². The number of carbonyl (C=O) groups excluding carboxylic acids is 1. The molecule has 1 N–H and O–H groups in total. The van der Waals surface area contributed by atoms with Crippen LogP contribution in [0.25, 0.3) is 0 Å². The normalized spacial score (nSPS) is 19.5. The van der Waals surface area contributed by atoms with E-state index in [9.17, 15) is 17.6 Å². The molecule has 0 unspecified atom stereocenters. The van der Waals surface area contributed by atoms with Crippen LogP contribution in [0.5, 0.6) is 6.01 Å². The van der Waals surface area contributed by atoms with Gasteiger partial charge in [-0.15, -0.1) is 0 Å². The molecule has 9 heteroatoms. The molecule has 1 aromatic carbocycles. The molecule has 1 amide bonds. The van der Waals surface area contributed by atoms with Gasteiger partial charge in [-0.05, 0) is 57.2 Å². The Hall–Kier alpha value is -2.55. The molecule has 0 atom stereocenters. The average Bonchev–Trinajstić information content (AvgIpc) is 2.71. The van der Waals surface area contributed by atoms with E-state index in [-0.39, 0.29) is 35.4 Å². The van der Waals surface area contributed by atoms with Crippen LogP contribution in [0.1, 0.15) is 45.1 Å². The lowest BCUT2D eigenvalue weighted by molar-refractivity contribution is -0.121. The Bertz CT molecular complexity index is 955. The third-order valence-electron chi connectivity index (χ3n) is 5.15. The summed E-state index contributed by atoms with van der Waals surface area (Å²) in [6.07, 6.45) is 5.30. The summed E-state index contributed by atoms with van der Waals surface area (Å²) in [4.78, 5) is 20.2. The topological polar surface area (TPSA) is 98.2 Å². The molecule has 0 aliphatic heterocycles. The van der Waals surface area contributed by atoms with E-state index in [0.29, 0.717) is 0 Å². The fourth-order valence-electron chi connectivity index (χ4n) is 3.37. The molecule has 1 saturated carbocycles. The highest BCUT2D eigenvalue weighted by Gasteiger charge is 2.24. The largest absolute Gasteiger partial charge is 0.460 e. The summed E-state index contributed by atoms with van der Waals surface area (Å²) < 4.78 is 42.9. The van der Waals surface area contributed by atoms with Crippen LogP contribution in [0.2, 0.25) is 0 Å². The first-order valence-corrected chi connectivity index (χ1v) is 11.5. The Labute approximate surface area is 176 Å². The highest BCUT2D eigenvalue weighted by molar-refractivity contribution is 7.92. The maximum atomic E-state index is 12.9. The van der Waals surface area contributed by atoms with Crippen LogP contribution >= 0.6 is 0 Å². The summed E-state index contributed by atoms with van der Waals surface area (Å²) in [7, 11) is -3.31. The van der Waals surface area contributed by atoms with Gasteiger partial charge in [0.15, 0.2) is 15.7 Å². The number of halogens is 1. The van der Waals surface area contributed by atoms with Crippen LogP contribution < -0.4 is 10.1 Å². The number of aromatic nitrogens is 2. The number of amides is 1. The predicted octanol–water partition coefficient (Wildman–Crippen LogP) is 2.85. The zero-order valence-electron chi connectivity index (χ0n) is 17.0. The van der Waals surface area contributed by atoms with Crippen molar-refractivity contribution in [1.82, 2.24) is 15.3 Å². The summed E-state index contributed by atoms with van der Waals surface area (Å²) in [6.45, 7) is 3.28. The Kier molecular flexibility index (Phi) is 7.02. The number of hydrogen-bond acceptors (Lipinski definition) is 6. The van der Waals surface area contributed by atoms with Gasteiger partial charge < -0.3 is 10.1 Å². The SMILES string of the molecule is CC(C)S(=O)(=O)c1ccc(CC(=O)NC2CCC(Oc3ncc(F)cn3)CC2)cc1. The first-order chi connectivity index (χ1) is 14.2. The lowest BCUT2D eigenvalue weighted by Gasteiger charge is -2.28. The number of nitrogens with one attached hydrogen (secondary N) is 1.